The number of halogens is 1. The minimum Gasteiger partial charge on any atom is -0.463 e. The molecule has 3 nitrogen and oxygen atoms in total. The zero-order valence-corrected chi connectivity index (χ0v) is 21.9. The normalized spacial score (nSPS) is 11.3. The molecule has 1 aromatic heterocycles. The molecule has 0 radical (unpaired) electrons. The molecule has 0 N–H and O–H groups in total. The Morgan fingerprint density at radius 3 is 1.91 bits per heavy atom. The zero-order valence-electron chi connectivity index (χ0n) is 20.3. The van der Waals surface area contributed by atoms with E-state index in [-0.39, 0.29) is 5.97 Å². The molecule has 4 heteroatoms. The predicted molar refractivity (Wildman–Crippen MR) is 142 cm³/mol. The fourth-order valence-electron chi connectivity index (χ4n) is 3.88. The van der Waals surface area contributed by atoms with Crippen LogP contribution in [0.3, 0.4) is 0 Å². The van der Waals surface area contributed by atoms with Gasteiger partial charge in [-0.05, 0) is 36.8 Å². The second-order valence-electron chi connectivity index (χ2n) is 8.81. The number of carbonyl (C=O) groups is 1. The number of carbonyl (C=O) groups excluding carboxylic acids is 1. The van der Waals surface area contributed by atoms with E-state index in [1.807, 2.05) is 36.4 Å². The molecule has 0 aliphatic carbocycles. The van der Waals surface area contributed by atoms with Gasteiger partial charge in [-0.25, -0.2) is 4.79 Å². The van der Waals surface area contributed by atoms with E-state index >= 15 is 0 Å². The lowest BCUT2D eigenvalue weighted by atomic mass is 10.0. The van der Waals surface area contributed by atoms with Crippen molar-refractivity contribution in [2.75, 3.05) is 6.61 Å². The van der Waals surface area contributed by atoms with Gasteiger partial charge in [0.15, 0.2) is 0 Å². The van der Waals surface area contributed by atoms with Crippen molar-refractivity contribution in [2.45, 2.75) is 96.8 Å². The van der Waals surface area contributed by atoms with E-state index in [4.69, 9.17) is 9.15 Å². The van der Waals surface area contributed by atoms with Gasteiger partial charge in [0.25, 0.3) is 0 Å². The van der Waals surface area contributed by atoms with Crippen LogP contribution in [-0.4, -0.2) is 12.6 Å². The monoisotopic (exact) mass is 516 g/mol. The topological polar surface area (TPSA) is 39.4 Å². The first-order valence-electron chi connectivity index (χ1n) is 12.9. The first kappa shape index (κ1) is 27.4. The Labute approximate surface area is 209 Å². The summed E-state index contributed by atoms with van der Waals surface area (Å²) in [5.41, 5.74) is 0.998. The van der Waals surface area contributed by atoms with Crippen molar-refractivity contribution in [1.82, 2.24) is 0 Å². The quantitative estimate of drug-likeness (QED) is 0.112. The average molecular weight is 518 g/mol. The average Bonchev–Trinajstić information content (AvgIpc) is 3.30. The SMILES string of the molecule is CCCCCCCCCCCCCCCCOC(=O)/C=C/c1ccc(-c2ccc(Br)cc2)o1. The molecule has 33 heavy (non-hydrogen) atoms. The molecule has 2 rings (SSSR count). The van der Waals surface area contributed by atoms with E-state index in [1.165, 1.54) is 83.1 Å². The van der Waals surface area contributed by atoms with E-state index in [1.54, 1.807) is 6.08 Å². The summed E-state index contributed by atoms with van der Waals surface area (Å²) in [5.74, 6) is 1.10. The molecule has 1 aromatic carbocycles. The van der Waals surface area contributed by atoms with Crippen molar-refractivity contribution in [3.8, 4) is 11.3 Å². The zero-order chi connectivity index (χ0) is 23.6. The van der Waals surface area contributed by atoms with Crippen molar-refractivity contribution in [2.24, 2.45) is 0 Å². The summed E-state index contributed by atoms with van der Waals surface area (Å²) in [6.07, 6.45) is 21.6. The number of unbranched alkanes of at least 4 members (excludes halogenated alkanes) is 13. The van der Waals surface area contributed by atoms with Gasteiger partial charge in [-0.2, -0.15) is 0 Å². The third-order valence-electron chi connectivity index (χ3n) is 5.88. The molecule has 0 fully saturated rings. The van der Waals surface area contributed by atoms with E-state index in [2.05, 4.69) is 22.9 Å². The molecule has 0 saturated carbocycles. The second-order valence-corrected chi connectivity index (χ2v) is 9.72. The summed E-state index contributed by atoms with van der Waals surface area (Å²) < 4.78 is 12.1. The lowest BCUT2D eigenvalue weighted by Gasteiger charge is -2.04. The fraction of sp³-hybridized carbons (Fsp3) is 0.552. The first-order chi connectivity index (χ1) is 16.2. The molecule has 0 atom stereocenters. The standard InChI is InChI=1S/C29H41BrO3/c1-2-3-4-5-6-7-8-9-10-11-12-13-14-15-24-32-29(31)23-21-27-20-22-28(33-27)25-16-18-26(30)19-17-25/h16-23H,2-15,24H2,1H3/b23-21+. The van der Waals surface area contributed by atoms with Gasteiger partial charge >= 0.3 is 5.97 Å². The molecule has 0 unspecified atom stereocenters. The summed E-state index contributed by atoms with van der Waals surface area (Å²) in [4.78, 5) is 11.9. The van der Waals surface area contributed by atoms with Crippen molar-refractivity contribution in [3.05, 3.63) is 52.7 Å². The van der Waals surface area contributed by atoms with Crippen LogP contribution in [-0.2, 0) is 9.53 Å². The highest BCUT2D eigenvalue weighted by atomic mass is 79.9. The van der Waals surface area contributed by atoms with Crippen LogP contribution in [0, 0.1) is 0 Å². The number of furan rings is 1. The van der Waals surface area contributed by atoms with Crippen molar-refractivity contribution < 1.29 is 13.9 Å². The molecule has 0 amide bonds. The van der Waals surface area contributed by atoms with Gasteiger partial charge in [-0.3, -0.25) is 0 Å². The van der Waals surface area contributed by atoms with Gasteiger partial charge in [0.2, 0.25) is 0 Å². The van der Waals surface area contributed by atoms with E-state index in [0.29, 0.717) is 12.4 Å². The molecule has 0 aliphatic rings. The largest absolute Gasteiger partial charge is 0.463 e. The van der Waals surface area contributed by atoms with E-state index in [0.717, 1.165) is 28.6 Å². The van der Waals surface area contributed by atoms with E-state index < -0.39 is 0 Å². The Kier molecular flexibility index (Phi) is 14.7. The Morgan fingerprint density at radius 2 is 1.33 bits per heavy atom. The summed E-state index contributed by atoms with van der Waals surface area (Å²) in [6.45, 7) is 2.76. The number of hydrogen-bond acceptors (Lipinski definition) is 3. The van der Waals surface area contributed by atoms with Crippen LogP contribution in [0.25, 0.3) is 17.4 Å². The molecule has 182 valence electrons. The predicted octanol–water partition coefficient (Wildman–Crippen LogP) is 9.75. The summed E-state index contributed by atoms with van der Waals surface area (Å²) >= 11 is 3.43. The van der Waals surface area contributed by atoms with Crippen LogP contribution in [0.1, 0.15) is 103 Å². The molecular weight excluding hydrogens is 476 g/mol. The van der Waals surface area contributed by atoms with E-state index in [9.17, 15) is 4.79 Å². The van der Waals surface area contributed by atoms with Gasteiger partial charge in [0.1, 0.15) is 11.5 Å². The first-order valence-corrected chi connectivity index (χ1v) is 13.7. The van der Waals surface area contributed by atoms with Crippen LogP contribution < -0.4 is 0 Å². The summed E-state index contributed by atoms with van der Waals surface area (Å²) in [5, 5.41) is 0. The van der Waals surface area contributed by atoms with Gasteiger partial charge in [-0.15, -0.1) is 0 Å². The third-order valence-corrected chi connectivity index (χ3v) is 6.41. The maximum atomic E-state index is 11.9. The smallest absolute Gasteiger partial charge is 0.330 e. The fourth-order valence-corrected chi connectivity index (χ4v) is 4.14. The van der Waals surface area contributed by atoms with Gasteiger partial charge in [0, 0.05) is 16.1 Å². The highest BCUT2D eigenvalue weighted by molar-refractivity contribution is 9.10. The Balaban J connectivity index is 1.44. The van der Waals surface area contributed by atoms with Gasteiger partial charge in [0.05, 0.1) is 6.61 Å². The minimum absolute atomic E-state index is 0.314. The second kappa shape index (κ2) is 17.6. The lowest BCUT2D eigenvalue weighted by molar-refractivity contribution is -0.137. The number of rotatable bonds is 18. The summed E-state index contributed by atoms with van der Waals surface area (Å²) in [6, 6.07) is 11.7. The van der Waals surface area contributed by atoms with Crippen LogP contribution in [0.2, 0.25) is 0 Å². The molecule has 0 bridgehead atoms. The van der Waals surface area contributed by atoms with Crippen LogP contribution in [0.4, 0.5) is 0 Å². The Morgan fingerprint density at radius 1 is 0.788 bits per heavy atom. The molecule has 2 aromatic rings. The number of ether oxygens (including phenoxy) is 1. The highest BCUT2D eigenvalue weighted by Crippen LogP contribution is 2.24. The number of hydrogen-bond donors (Lipinski definition) is 0. The molecular formula is C29H41BrO3. The Hall–Kier alpha value is -1.81. The Bertz CT molecular complexity index is 791. The van der Waals surface area contributed by atoms with Crippen LogP contribution in [0.15, 0.2) is 51.4 Å². The van der Waals surface area contributed by atoms with Crippen molar-refractivity contribution in [1.29, 1.82) is 0 Å². The maximum absolute atomic E-state index is 11.9. The molecule has 0 saturated heterocycles. The van der Waals surface area contributed by atoms with Gasteiger partial charge < -0.3 is 9.15 Å². The summed E-state index contributed by atoms with van der Waals surface area (Å²) in [7, 11) is 0. The van der Waals surface area contributed by atoms with Gasteiger partial charge in [-0.1, -0.05) is 118 Å². The number of esters is 1. The third kappa shape index (κ3) is 12.9. The highest BCUT2D eigenvalue weighted by Gasteiger charge is 2.04. The number of benzene rings is 1. The minimum atomic E-state index is -0.314. The maximum Gasteiger partial charge on any atom is 0.330 e. The van der Waals surface area contributed by atoms with Crippen molar-refractivity contribution >= 4 is 28.0 Å². The van der Waals surface area contributed by atoms with Crippen LogP contribution in [0.5, 0.6) is 0 Å². The van der Waals surface area contributed by atoms with Crippen molar-refractivity contribution in [3.63, 3.8) is 0 Å². The molecule has 1 heterocycles. The molecule has 0 spiro atoms. The molecule has 0 aliphatic heterocycles. The van der Waals surface area contributed by atoms with Crippen LogP contribution >= 0.6 is 15.9 Å². The lowest BCUT2D eigenvalue weighted by Crippen LogP contribution is -2.02.